The molecular weight excluding hydrogens is 396 g/mol. The van der Waals surface area contributed by atoms with Crippen LogP contribution in [0.4, 0.5) is 14.5 Å². The molecule has 0 spiro atoms. The van der Waals surface area contributed by atoms with Crippen molar-refractivity contribution >= 4 is 22.9 Å². The number of amides is 1. The second-order valence-electron chi connectivity index (χ2n) is 6.80. The fraction of sp³-hybridized carbons (Fsp3) is 0.238. The van der Waals surface area contributed by atoms with Gasteiger partial charge in [0.2, 0.25) is 0 Å². The Morgan fingerprint density at radius 2 is 1.86 bits per heavy atom. The third kappa shape index (κ3) is 4.67. The molecule has 1 aliphatic rings. The van der Waals surface area contributed by atoms with Crippen LogP contribution in [0, 0.1) is 11.6 Å². The lowest BCUT2D eigenvalue weighted by Gasteiger charge is -2.23. The minimum Gasteiger partial charge on any atom is -0.370 e. The van der Waals surface area contributed by atoms with E-state index in [1.54, 1.807) is 11.4 Å². The van der Waals surface area contributed by atoms with E-state index in [0.717, 1.165) is 18.7 Å². The summed E-state index contributed by atoms with van der Waals surface area (Å²) in [4.78, 5) is 17.9. The number of thiazole rings is 1. The van der Waals surface area contributed by atoms with Crippen molar-refractivity contribution in [2.75, 3.05) is 38.2 Å². The molecule has 3 aromatic rings. The summed E-state index contributed by atoms with van der Waals surface area (Å²) < 4.78 is 33.3. The molecule has 1 aliphatic heterocycles. The van der Waals surface area contributed by atoms with Crippen LogP contribution in [-0.4, -0.2) is 43.7 Å². The number of carbonyl (C=O) groups is 1. The monoisotopic (exact) mass is 416 g/mol. The number of hydrogen-bond donors (Lipinski definition) is 2. The van der Waals surface area contributed by atoms with E-state index in [1.807, 2.05) is 18.2 Å². The van der Waals surface area contributed by atoms with Crippen molar-refractivity contribution < 1.29 is 23.2 Å². The number of benzene rings is 2. The zero-order chi connectivity index (χ0) is 20.2. The normalized spacial score (nSPS) is 14.7. The maximum atomic E-state index is 14.0. The molecule has 5 nitrogen and oxygen atoms in total. The van der Waals surface area contributed by atoms with Crippen LogP contribution < -0.4 is 10.2 Å². The molecule has 1 amide bonds. The lowest BCUT2D eigenvalue weighted by atomic mass is 10.1. The second kappa shape index (κ2) is 8.77. The molecule has 2 N–H and O–H groups in total. The molecule has 0 atom stereocenters. The van der Waals surface area contributed by atoms with Crippen LogP contribution in [0.1, 0.15) is 0 Å². The molecule has 2 heterocycles. The van der Waals surface area contributed by atoms with Crippen LogP contribution in [0.2, 0.25) is 0 Å². The number of nitrogens with one attached hydrogen (secondary N) is 2. The van der Waals surface area contributed by atoms with E-state index in [4.69, 9.17) is 4.74 Å². The fourth-order valence-electron chi connectivity index (χ4n) is 3.26. The number of aromatic nitrogens is 1. The lowest BCUT2D eigenvalue weighted by Crippen LogP contribution is -3.15. The molecule has 2 aromatic carbocycles. The van der Waals surface area contributed by atoms with Gasteiger partial charge in [0.1, 0.15) is 29.7 Å². The predicted octanol–water partition coefficient (Wildman–Crippen LogP) is 2.61. The van der Waals surface area contributed by atoms with E-state index < -0.39 is 11.6 Å². The lowest BCUT2D eigenvalue weighted by molar-refractivity contribution is -0.899. The molecule has 29 heavy (non-hydrogen) atoms. The average molecular weight is 416 g/mol. The number of halogens is 2. The van der Waals surface area contributed by atoms with Gasteiger partial charge in [0.05, 0.1) is 24.5 Å². The van der Waals surface area contributed by atoms with E-state index in [9.17, 15) is 13.6 Å². The Hall–Kier alpha value is -2.68. The molecule has 8 heteroatoms. The van der Waals surface area contributed by atoms with Gasteiger partial charge >= 0.3 is 0 Å². The minimum absolute atomic E-state index is 0.0627. The van der Waals surface area contributed by atoms with Gasteiger partial charge in [-0.1, -0.05) is 18.2 Å². The van der Waals surface area contributed by atoms with Crippen LogP contribution >= 0.6 is 11.3 Å². The van der Waals surface area contributed by atoms with Crippen LogP contribution in [0.15, 0.2) is 47.8 Å². The van der Waals surface area contributed by atoms with E-state index in [1.165, 1.54) is 34.4 Å². The molecule has 0 bridgehead atoms. The predicted molar refractivity (Wildman–Crippen MR) is 108 cm³/mol. The number of ether oxygens (including phenoxy) is 1. The Balaban J connectivity index is 1.49. The van der Waals surface area contributed by atoms with Crippen molar-refractivity contribution in [1.82, 2.24) is 4.98 Å². The summed E-state index contributed by atoms with van der Waals surface area (Å²) >= 11 is 1.30. The molecule has 4 rings (SSSR count). The Morgan fingerprint density at radius 3 is 2.62 bits per heavy atom. The van der Waals surface area contributed by atoms with Gasteiger partial charge in [-0.05, 0) is 24.3 Å². The number of carbonyl (C=O) groups excluding carboxylic acids is 1. The van der Waals surface area contributed by atoms with E-state index >= 15 is 0 Å². The summed E-state index contributed by atoms with van der Waals surface area (Å²) in [7, 11) is 0. The number of quaternary nitrogens is 1. The number of nitrogens with zero attached hydrogens (tertiary/aromatic N) is 1. The van der Waals surface area contributed by atoms with Crippen LogP contribution in [0.25, 0.3) is 21.8 Å². The van der Waals surface area contributed by atoms with Gasteiger partial charge in [-0.2, -0.15) is 0 Å². The highest BCUT2D eigenvalue weighted by molar-refractivity contribution is 7.13. The Kier molecular flexibility index (Phi) is 5.94. The van der Waals surface area contributed by atoms with Crippen LogP contribution in [0.3, 0.4) is 0 Å². The van der Waals surface area contributed by atoms with Gasteiger partial charge in [0.25, 0.3) is 5.91 Å². The van der Waals surface area contributed by atoms with Crippen molar-refractivity contribution in [2.45, 2.75) is 0 Å². The van der Waals surface area contributed by atoms with Gasteiger partial charge in [-0.3, -0.25) is 4.79 Å². The van der Waals surface area contributed by atoms with E-state index in [-0.39, 0.29) is 17.2 Å². The van der Waals surface area contributed by atoms with Crippen LogP contribution in [0.5, 0.6) is 0 Å². The third-order valence-electron chi connectivity index (χ3n) is 4.73. The molecular formula is C21H20F2N3O2S+. The summed E-state index contributed by atoms with van der Waals surface area (Å²) in [5.74, 6) is -1.35. The Morgan fingerprint density at radius 1 is 1.14 bits per heavy atom. The summed E-state index contributed by atoms with van der Waals surface area (Å²) in [6, 6.07) is 11.0. The Labute approximate surface area is 171 Å². The fourth-order valence-corrected chi connectivity index (χ4v) is 4.07. The smallest absolute Gasteiger partial charge is 0.279 e. The highest BCUT2D eigenvalue weighted by Crippen LogP contribution is 2.32. The average Bonchev–Trinajstić information content (AvgIpc) is 3.18. The van der Waals surface area contributed by atoms with Crippen molar-refractivity contribution in [2.24, 2.45) is 0 Å². The number of rotatable bonds is 5. The van der Waals surface area contributed by atoms with Crippen LogP contribution in [-0.2, 0) is 9.53 Å². The van der Waals surface area contributed by atoms with Gasteiger partial charge in [-0.15, -0.1) is 11.3 Å². The van der Waals surface area contributed by atoms with Gasteiger partial charge in [0, 0.05) is 16.6 Å². The number of anilines is 1. The maximum Gasteiger partial charge on any atom is 0.279 e. The standard InChI is InChI=1S/C21H19F2N3O2S/c22-16-5-2-6-17(23)20(16)18-13-29-21(25-18)14-3-1-4-15(11-14)24-19(27)12-26-7-9-28-10-8-26/h1-6,11,13H,7-10,12H2,(H,24,27)/p+1. The maximum absolute atomic E-state index is 14.0. The first-order valence-corrected chi connectivity index (χ1v) is 10.2. The molecule has 150 valence electrons. The summed E-state index contributed by atoms with van der Waals surface area (Å²) in [5, 5.41) is 5.16. The molecule has 1 fully saturated rings. The highest BCUT2D eigenvalue weighted by Gasteiger charge is 2.18. The highest BCUT2D eigenvalue weighted by atomic mass is 32.1. The van der Waals surface area contributed by atoms with Crippen molar-refractivity contribution in [3.8, 4) is 21.8 Å². The first-order chi connectivity index (χ1) is 14.1. The summed E-state index contributed by atoms with van der Waals surface area (Å²) in [5.41, 5.74) is 1.56. The first kappa shape index (κ1) is 19.6. The van der Waals surface area contributed by atoms with Crippen molar-refractivity contribution in [3.63, 3.8) is 0 Å². The van der Waals surface area contributed by atoms with E-state index in [2.05, 4.69) is 10.3 Å². The molecule has 0 saturated carbocycles. The molecule has 0 aliphatic carbocycles. The van der Waals surface area contributed by atoms with Crippen molar-refractivity contribution in [1.29, 1.82) is 0 Å². The van der Waals surface area contributed by atoms with E-state index in [0.29, 0.717) is 30.5 Å². The number of morpholine rings is 1. The zero-order valence-electron chi connectivity index (χ0n) is 15.6. The van der Waals surface area contributed by atoms with Crippen molar-refractivity contribution in [3.05, 3.63) is 59.5 Å². The summed E-state index contributed by atoms with van der Waals surface area (Å²) in [6.45, 7) is 3.38. The molecule has 0 radical (unpaired) electrons. The molecule has 0 unspecified atom stereocenters. The SMILES string of the molecule is O=C(C[NH+]1CCOCC1)Nc1cccc(-c2nc(-c3c(F)cccc3F)cs2)c1. The molecule has 1 saturated heterocycles. The number of hydrogen-bond acceptors (Lipinski definition) is 4. The minimum atomic E-state index is -0.645. The zero-order valence-corrected chi connectivity index (χ0v) is 16.4. The quantitative estimate of drug-likeness (QED) is 0.672. The molecule has 1 aromatic heterocycles. The Bertz CT molecular complexity index is 998. The van der Waals surface area contributed by atoms with Gasteiger partial charge in [0.15, 0.2) is 6.54 Å². The van der Waals surface area contributed by atoms with Gasteiger partial charge < -0.3 is 15.0 Å². The largest absolute Gasteiger partial charge is 0.370 e. The third-order valence-corrected chi connectivity index (χ3v) is 5.62. The topological polar surface area (TPSA) is 55.7 Å². The second-order valence-corrected chi connectivity index (χ2v) is 7.66. The summed E-state index contributed by atoms with van der Waals surface area (Å²) in [6.07, 6.45) is 0. The first-order valence-electron chi connectivity index (χ1n) is 9.31. The van der Waals surface area contributed by atoms with Gasteiger partial charge in [-0.25, -0.2) is 13.8 Å².